The number of amides is 2. The Balaban J connectivity index is 1.35. The van der Waals surface area contributed by atoms with Gasteiger partial charge < -0.3 is 20.1 Å². The Hall–Kier alpha value is -3.35. The highest BCUT2D eigenvalue weighted by Gasteiger charge is 2.44. The quantitative estimate of drug-likeness (QED) is 0.604. The predicted octanol–water partition coefficient (Wildman–Crippen LogP) is 4.65. The van der Waals surface area contributed by atoms with Crippen LogP contribution in [0.15, 0.2) is 48.5 Å². The van der Waals surface area contributed by atoms with Crippen LogP contribution in [0, 0.1) is 10.8 Å². The van der Waals surface area contributed by atoms with E-state index in [1.165, 1.54) is 0 Å². The second kappa shape index (κ2) is 9.72. The van der Waals surface area contributed by atoms with E-state index in [2.05, 4.69) is 29.6 Å². The van der Waals surface area contributed by atoms with E-state index in [1.807, 2.05) is 31.2 Å². The Bertz CT molecular complexity index is 1080. The van der Waals surface area contributed by atoms with Crippen molar-refractivity contribution in [3.63, 3.8) is 0 Å². The van der Waals surface area contributed by atoms with Gasteiger partial charge in [-0.25, -0.2) is 4.79 Å². The number of ether oxygens (including phenoxy) is 1. The molecule has 7 heteroatoms. The van der Waals surface area contributed by atoms with Gasteiger partial charge in [0.2, 0.25) is 5.91 Å². The number of benzene rings is 2. The van der Waals surface area contributed by atoms with Crippen molar-refractivity contribution in [1.82, 2.24) is 10.2 Å². The summed E-state index contributed by atoms with van der Waals surface area (Å²) < 4.78 is 5.59. The topological polar surface area (TPSA) is 95.9 Å². The van der Waals surface area contributed by atoms with E-state index in [1.54, 1.807) is 18.7 Å². The minimum Gasteiger partial charge on any atom is -0.481 e. The maximum absolute atomic E-state index is 13.2. The molecule has 2 aromatic carbocycles. The first-order chi connectivity index (χ1) is 16.7. The van der Waals surface area contributed by atoms with Crippen LogP contribution in [-0.2, 0) is 14.3 Å². The van der Waals surface area contributed by atoms with Crippen molar-refractivity contribution in [3.05, 3.63) is 59.7 Å². The predicted molar refractivity (Wildman–Crippen MR) is 133 cm³/mol. The van der Waals surface area contributed by atoms with Gasteiger partial charge in [0.05, 0.1) is 10.8 Å². The molecule has 1 heterocycles. The zero-order valence-electron chi connectivity index (χ0n) is 20.7. The van der Waals surface area contributed by atoms with Gasteiger partial charge in [-0.1, -0.05) is 55.5 Å². The lowest BCUT2D eigenvalue weighted by molar-refractivity contribution is -0.157. The van der Waals surface area contributed by atoms with Crippen LogP contribution in [0.25, 0.3) is 11.1 Å². The van der Waals surface area contributed by atoms with Crippen molar-refractivity contribution in [2.45, 2.75) is 46.0 Å². The van der Waals surface area contributed by atoms with Crippen LogP contribution >= 0.6 is 0 Å². The molecule has 0 radical (unpaired) electrons. The van der Waals surface area contributed by atoms with Crippen LogP contribution in [0.2, 0.25) is 0 Å². The molecule has 2 aromatic rings. The van der Waals surface area contributed by atoms with Crippen molar-refractivity contribution in [3.8, 4) is 11.1 Å². The van der Waals surface area contributed by atoms with E-state index in [0.717, 1.165) is 22.3 Å². The summed E-state index contributed by atoms with van der Waals surface area (Å²) >= 11 is 0. The number of carbonyl (C=O) groups is 3. The Labute approximate surface area is 206 Å². The number of nitrogens with zero attached hydrogens (tertiary/aromatic N) is 1. The number of carboxylic acids is 1. The van der Waals surface area contributed by atoms with Crippen LogP contribution in [0.1, 0.15) is 57.1 Å². The number of piperidine rings is 1. The fourth-order valence-corrected chi connectivity index (χ4v) is 5.37. The van der Waals surface area contributed by atoms with Crippen LogP contribution in [0.3, 0.4) is 0 Å². The van der Waals surface area contributed by atoms with Crippen molar-refractivity contribution >= 4 is 18.0 Å². The smallest absolute Gasteiger partial charge is 0.407 e. The summed E-state index contributed by atoms with van der Waals surface area (Å²) in [5, 5.41) is 12.5. The Morgan fingerprint density at radius 2 is 1.69 bits per heavy atom. The molecule has 2 aliphatic rings. The van der Waals surface area contributed by atoms with Gasteiger partial charge in [0.25, 0.3) is 0 Å². The average molecular weight is 479 g/mol. The zero-order valence-corrected chi connectivity index (χ0v) is 20.7. The number of fused-ring (bicyclic) bond motifs is 3. The standard InChI is InChI=1S/C28H34N2O5/c1-4-28(25(32)33)14-9-15-30(18-28)24(31)27(2,3)17-29-26(34)35-16-23-21-12-7-5-10-19(21)20-11-6-8-13-22(20)23/h5-8,10-13,23H,4,9,14-18H2,1-3H3,(H,29,34)(H,32,33). The van der Waals surface area contributed by atoms with Crippen LogP contribution < -0.4 is 5.32 Å². The highest BCUT2D eigenvalue weighted by Crippen LogP contribution is 2.44. The molecule has 1 fully saturated rings. The fraction of sp³-hybridized carbons (Fsp3) is 0.464. The number of alkyl carbamates (subject to hydrolysis) is 1. The summed E-state index contributed by atoms with van der Waals surface area (Å²) in [6.45, 7) is 6.42. The lowest BCUT2D eigenvalue weighted by Gasteiger charge is -2.42. The molecular weight excluding hydrogens is 444 g/mol. The summed E-state index contributed by atoms with van der Waals surface area (Å²) in [7, 11) is 0. The number of carboxylic acid groups (broad SMARTS) is 1. The zero-order chi connectivity index (χ0) is 25.2. The molecule has 186 valence electrons. The molecule has 1 atom stereocenters. The largest absolute Gasteiger partial charge is 0.481 e. The molecule has 1 aliphatic carbocycles. The molecule has 2 amide bonds. The summed E-state index contributed by atoms with van der Waals surface area (Å²) in [6.07, 6.45) is 1.13. The number of aliphatic carboxylic acids is 1. The fourth-order valence-electron chi connectivity index (χ4n) is 5.37. The van der Waals surface area contributed by atoms with Crippen molar-refractivity contribution in [2.24, 2.45) is 10.8 Å². The molecule has 0 bridgehead atoms. The van der Waals surface area contributed by atoms with E-state index in [0.29, 0.717) is 25.8 Å². The van der Waals surface area contributed by atoms with E-state index < -0.39 is 22.9 Å². The molecule has 4 rings (SSSR count). The molecule has 35 heavy (non-hydrogen) atoms. The van der Waals surface area contributed by atoms with Gasteiger partial charge in [0, 0.05) is 25.6 Å². The van der Waals surface area contributed by atoms with Gasteiger partial charge >= 0.3 is 12.1 Å². The van der Waals surface area contributed by atoms with E-state index in [9.17, 15) is 19.5 Å². The molecule has 0 spiro atoms. The van der Waals surface area contributed by atoms with Crippen molar-refractivity contribution < 1.29 is 24.2 Å². The molecule has 1 unspecified atom stereocenters. The SMILES string of the molecule is CCC1(C(=O)O)CCCN(C(=O)C(C)(C)CNC(=O)OCC2c3ccccc3-c3ccccc32)C1. The number of carbonyl (C=O) groups excluding carboxylic acids is 2. The first kappa shape index (κ1) is 24.8. The molecule has 1 aliphatic heterocycles. The maximum atomic E-state index is 13.2. The molecular formula is C28H34N2O5. The van der Waals surface area contributed by atoms with Gasteiger partial charge in [-0.15, -0.1) is 0 Å². The van der Waals surface area contributed by atoms with Gasteiger partial charge in [0.15, 0.2) is 0 Å². The summed E-state index contributed by atoms with van der Waals surface area (Å²) in [5.41, 5.74) is 2.81. The van der Waals surface area contributed by atoms with E-state index in [-0.39, 0.29) is 31.5 Å². The summed E-state index contributed by atoms with van der Waals surface area (Å²) in [5.74, 6) is -1.04. The first-order valence-corrected chi connectivity index (χ1v) is 12.3. The molecule has 0 saturated carbocycles. The normalized spacial score (nSPS) is 19.6. The number of hydrogen-bond acceptors (Lipinski definition) is 4. The van der Waals surface area contributed by atoms with Crippen molar-refractivity contribution in [1.29, 1.82) is 0 Å². The number of rotatable bonds is 7. The highest BCUT2D eigenvalue weighted by molar-refractivity contribution is 5.84. The summed E-state index contributed by atoms with van der Waals surface area (Å²) in [4.78, 5) is 39.3. The van der Waals surface area contributed by atoms with Crippen LogP contribution in [0.4, 0.5) is 4.79 Å². The third-order valence-electron chi connectivity index (χ3n) is 7.59. The molecule has 7 nitrogen and oxygen atoms in total. The van der Waals surface area contributed by atoms with Crippen LogP contribution in [0.5, 0.6) is 0 Å². The lowest BCUT2D eigenvalue weighted by atomic mass is 9.77. The number of hydrogen-bond donors (Lipinski definition) is 2. The minimum absolute atomic E-state index is 0.0330. The summed E-state index contributed by atoms with van der Waals surface area (Å²) in [6, 6.07) is 16.3. The minimum atomic E-state index is -0.899. The van der Waals surface area contributed by atoms with Crippen molar-refractivity contribution in [2.75, 3.05) is 26.2 Å². The number of nitrogens with one attached hydrogen (secondary N) is 1. The average Bonchev–Trinajstić information content (AvgIpc) is 3.19. The molecule has 1 saturated heterocycles. The second-order valence-corrected chi connectivity index (χ2v) is 10.3. The maximum Gasteiger partial charge on any atom is 0.407 e. The van der Waals surface area contributed by atoms with E-state index in [4.69, 9.17) is 4.74 Å². The Kier molecular flexibility index (Phi) is 6.88. The third kappa shape index (κ3) is 4.77. The monoisotopic (exact) mass is 478 g/mol. The second-order valence-electron chi connectivity index (χ2n) is 10.3. The Morgan fingerprint density at radius 1 is 1.09 bits per heavy atom. The van der Waals surface area contributed by atoms with Gasteiger partial charge in [-0.3, -0.25) is 9.59 Å². The van der Waals surface area contributed by atoms with Gasteiger partial charge in [0.1, 0.15) is 6.61 Å². The van der Waals surface area contributed by atoms with Gasteiger partial charge in [-0.2, -0.15) is 0 Å². The molecule has 0 aromatic heterocycles. The van der Waals surface area contributed by atoms with Crippen LogP contribution in [-0.4, -0.2) is 54.2 Å². The van der Waals surface area contributed by atoms with Gasteiger partial charge in [-0.05, 0) is 55.4 Å². The first-order valence-electron chi connectivity index (χ1n) is 12.3. The third-order valence-corrected chi connectivity index (χ3v) is 7.59. The molecule has 2 N–H and O–H groups in total. The lowest BCUT2D eigenvalue weighted by Crippen LogP contribution is -2.54. The number of likely N-dealkylation sites (tertiary alicyclic amines) is 1. The van der Waals surface area contributed by atoms with E-state index >= 15 is 0 Å². The Morgan fingerprint density at radius 3 is 2.26 bits per heavy atom. The highest BCUT2D eigenvalue weighted by atomic mass is 16.5.